The summed E-state index contributed by atoms with van der Waals surface area (Å²) in [6.45, 7) is 0. The summed E-state index contributed by atoms with van der Waals surface area (Å²) < 4.78 is 38.0. The number of hydrogen-bond acceptors (Lipinski definition) is 7. The van der Waals surface area contributed by atoms with Crippen molar-refractivity contribution in [3.63, 3.8) is 0 Å². The third kappa shape index (κ3) is 4.45. The molecule has 0 spiro atoms. The molecule has 2 aromatic carbocycles. The van der Waals surface area contributed by atoms with Gasteiger partial charge in [-0.3, -0.25) is 4.72 Å². The van der Waals surface area contributed by atoms with E-state index in [1.165, 1.54) is 32.4 Å². The van der Waals surface area contributed by atoms with Gasteiger partial charge in [0.05, 0.1) is 14.2 Å². The first-order chi connectivity index (χ1) is 13.0. The summed E-state index contributed by atoms with van der Waals surface area (Å²) in [6, 6.07) is 17.1. The molecule has 1 aromatic heterocycles. The van der Waals surface area contributed by atoms with Gasteiger partial charge >= 0.3 is 0 Å². The highest BCUT2D eigenvalue weighted by Crippen LogP contribution is 2.29. The Hall–Kier alpha value is -3.33. The van der Waals surface area contributed by atoms with Crippen molar-refractivity contribution in [2.75, 3.05) is 24.3 Å². The number of nitrogens with one attached hydrogen (secondary N) is 2. The number of hydrogen-bond donors (Lipinski definition) is 2. The zero-order valence-corrected chi connectivity index (χ0v) is 15.5. The van der Waals surface area contributed by atoms with Gasteiger partial charge in [-0.2, -0.15) is 0 Å². The Morgan fingerprint density at radius 1 is 0.852 bits per heavy atom. The molecule has 0 saturated carbocycles. The summed E-state index contributed by atoms with van der Waals surface area (Å²) in [4.78, 5) is -0.0577. The van der Waals surface area contributed by atoms with Crippen LogP contribution in [0.3, 0.4) is 0 Å². The van der Waals surface area contributed by atoms with Crippen LogP contribution in [0.2, 0.25) is 0 Å². The van der Waals surface area contributed by atoms with Crippen LogP contribution in [-0.2, 0) is 10.0 Å². The predicted octanol–water partition coefficient (Wildman–Crippen LogP) is 3.04. The molecule has 1 heterocycles. The minimum atomic E-state index is -3.94. The number of rotatable bonds is 7. The molecule has 0 atom stereocenters. The number of methoxy groups -OCH3 is 2. The zero-order valence-electron chi connectivity index (χ0n) is 14.7. The summed E-state index contributed by atoms with van der Waals surface area (Å²) in [5.41, 5.74) is 0.848. The molecule has 0 amide bonds. The normalized spacial score (nSPS) is 10.9. The van der Waals surface area contributed by atoms with Gasteiger partial charge in [0.25, 0.3) is 10.0 Å². The smallest absolute Gasteiger partial charge is 0.266 e. The summed E-state index contributed by atoms with van der Waals surface area (Å²) in [5, 5.41) is 11.0. The Bertz CT molecular complexity index is 1010. The number of aromatic nitrogens is 2. The number of nitrogens with zero attached hydrogens (tertiary/aromatic N) is 2. The second-order valence-corrected chi connectivity index (χ2v) is 7.07. The highest BCUT2D eigenvalue weighted by molar-refractivity contribution is 7.92. The highest BCUT2D eigenvalue weighted by Gasteiger charge is 2.21. The van der Waals surface area contributed by atoms with Gasteiger partial charge in [0.2, 0.25) is 0 Å². The summed E-state index contributed by atoms with van der Waals surface area (Å²) in [7, 11) is -1.09. The van der Waals surface area contributed by atoms with Gasteiger partial charge in [-0.05, 0) is 36.4 Å². The van der Waals surface area contributed by atoms with Crippen LogP contribution in [-0.4, -0.2) is 32.8 Å². The Kier molecular flexibility index (Phi) is 5.41. The third-order valence-electron chi connectivity index (χ3n) is 3.61. The van der Waals surface area contributed by atoms with E-state index in [1.54, 1.807) is 12.1 Å². The van der Waals surface area contributed by atoms with E-state index in [0.29, 0.717) is 11.6 Å². The molecule has 0 aliphatic heterocycles. The van der Waals surface area contributed by atoms with E-state index in [0.717, 1.165) is 5.69 Å². The first-order valence-corrected chi connectivity index (χ1v) is 9.41. The zero-order chi connectivity index (χ0) is 19.3. The molecule has 8 nitrogen and oxygen atoms in total. The van der Waals surface area contributed by atoms with Crippen molar-refractivity contribution in [3.05, 3.63) is 60.7 Å². The molecule has 0 fully saturated rings. The van der Waals surface area contributed by atoms with Gasteiger partial charge in [0.1, 0.15) is 16.4 Å². The van der Waals surface area contributed by atoms with E-state index in [9.17, 15) is 8.42 Å². The lowest BCUT2D eigenvalue weighted by Gasteiger charge is -2.12. The van der Waals surface area contributed by atoms with Gasteiger partial charge in [0, 0.05) is 11.8 Å². The van der Waals surface area contributed by atoms with E-state index >= 15 is 0 Å². The maximum Gasteiger partial charge on any atom is 0.266 e. The lowest BCUT2D eigenvalue weighted by molar-refractivity contribution is 0.392. The van der Waals surface area contributed by atoms with E-state index in [-0.39, 0.29) is 16.5 Å². The van der Waals surface area contributed by atoms with Gasteiger partial charge in [-0.25, -0.2) is 8.42 Å². The Balaban J connectivity index is 1.80. The van der Waals surface area contributed by atoms with E-state index < -0.39 is 10.0 Å². The minimum absolute atomic E-state index is 0.0577. The third-order valence-corrected chi connectivity index (χ3v) is 4.99. The van der Waals surface area contributed by atoms with Crippen molar-refractivity contribution in [2.45, 2.75) is 4.90 Å². The summed E-state index contributed by atoms with van der Waals surface area (Å²) in [6.07, 6.45) is 0. The largest absolute Gasteiger partial charge is 0.497 e. The molecule has 3 rings (SSSR count). The van der Waals surface area contributed by atoms with Crippen molar-refractivity contribution in [2.24, 2.45) is 0 Å². The topological polar surface area (TPSA) is 102 Å². The molecule has 0 aliphatic carbocycles. The fraction of sp³-hybridized carbons (Fsp3) is 0.111. The van der Waals surface area contributed by atoms with E-state index in [1.807, 2.05) is 30.3 Å². The van der Waals surface area contributed by atoms with Crippen LogP contribution in [0.25, 0.3) is 0 Å². The lowest BCUT2D eigenvalue weighted by Crippen LogP contribution is -2.15. The summed E-state index contributed by atoms with van der Waals surface area (Å²) >= 11 is 0. The average Bonchev–Trinajstić information content (AvgIpc) is 2.69. The van der Waals surface area contributed by atoms with Gasteiger partial charge in [0.15, 0.2) is 11.6 Å². The van der Waals surface area contributed by atoms with Crippen molar-refractivity contribution in [1.82, 2.24) is 10.2 Å². The standard InChI is InChI=1S/C18H18N4O4S/c1-25-14-8-9-15(26-2)16(12-14)27(23,24)22-18-11-10-17(20-21-18)19-13-6-4-3-5-7-13/h3-12H,1-2H3,(H,19,20)(H,21,22). The average molecular weight is 386 g/mol. The first-order valence-electron chi connectivity index (χ1n) is 7.92. The number of benzene rings is 2. The predicted molar refractivity (Wildman–Crippen MR) is 102 cm³/mol. The second kappa shape index (κ2) is 7.92. The van der Waals surface area contributed by atoms with Crippen LogP contribution in [0.4, 0.5) is 17.3 Å². The minimum Gasteiger partial charge on any atom is -0.497 e. The van der Waals surface area contributed by atoms with Crippen molar-refractivity contribution < 1.29 is 17.9 Å². The lowest BCUT2D eigenvalue weighted by atomic mass is 10.3. The van der Waals surface area contributed by atoms with Crippen molar-refractivity contribution >= 4 is 27.3 Å². The molecular weight excluding hydrogens is 368 g/mol. The quantitative estimate of drug-likeness (QED) is 0.643. The van der Waals surface area contributed by atoms with Crippen LogP contribution >= 0.6 is 0 Å². The number of sulfonamides is 1. The Morgan fingerprint density at radius 2 is 1.56 bits per heavy atom. The van der Waals surface area contributed by atoms with Gasteiger partial charge in [-0.1, -0.05) is 18.2 Å². The molecule has 9 heteroatoms. The van der Waals surface area contributed by atoms with Crippen molar-refractivity contribution in [3.8, 4) is 11.5 Å². The molecule has 0 aliphatic rings. The molecule has 2 N–H and O–H groups in total. The van der Waals surface area contributed by atoms with E-state index in [2.05, 4.69) is 20.2 Å². The molecular formula is C18H18N4O4S. The molecule has 0 unspecified atom stereocenters. The highest BCUT2D eigenvalue weighted by atomic mass is 32.2. The molecule has 3 aromatic rings. The molecule has 140 valence electrons. The maximum absolute atomic E-state index is 12.7. The Labute approximate surface area is 157 Å². The molecule has 0 saturated heterocycles. The van der Waals surface area contributed by atoms with E-state index in [4.69, 9.17) is 9.47 Å². The van der Waals surface area contributed by atoms with Crippen LogP contribution in [0.1, 0.15) is 0 Å². The van der Waals surface area contributed by atoms with Crippen LogP contribution in [0.15, 0.2) is 65.6 Å². The fourth-order valence-electron chi connectivity index (χ4n) is 2.31. The number of anilines is 3. The van der Waals surface area contributed by atoms with Crippen LogP contribution in [0, 0.1) is 0 Å². The molecule has 0 radical (unpaired) electrons. The van der Waals surface area contributed by atoms with Gasteiger partial charge < -0.3 is 14.8 Å². The molecule has 27 heavy (non-hydrogen) atoms. The SMILES string of the molecule is COc1ccc(OC)c(S(=O)(=O)Nc2ccc(Nc3ccccc3)nn2)c1. The van der Waals surface area contributed by atoms with Crippen molar-refractivity contribution in [1.29, 1.82) is 0 Å². The van der Waals surface area contributed by atoms with Gasteiger partial charge in [-0.15, -0.1) is 10.2 Å². The fourth-order valence-corrected chi connectivity index (χ4v) is 3.49. The number of ether oxygens (including phenoxy) is 2. The number of para-hydroxylation sites is 1. The maximum atomic E-state index is 12.7. The van der Waals surface area contributed by atoms with Crippen LogP contribution < -0.4 is 19.5 Å². The first kappa shape index (κ1) is 18.5. The molecule has 0 bridgehead atoms. The Morgan fingerprint density at radius 3 is 2.19 bits per heavy atom. The monoisotopic (exact) mass is 386 g/mol. The van der Waals surface area contributed by atoms with Crippen LogP contribution in [0.5, 0.6) is 11.5 Å². The summed E-state index contributed by atoms with van der Waals surface area (Å²) in [5.74, 6) is 1.16. The second-order valence-electron chi connectivity index (χ2n) is 5.42.